The van der Waals surface area contributed by atoms with E-state index >= 15 is 0 Å². The van der Waals surface area contributed by atoms with Crippen LogP contribution in [0.3, 0.4) is 0 Å². The minimum Gasteiger partial charge on any atom is -0.394 e. The largest absolute Gasteiger partial charge is 0.394 e. The molecule has 4 N–H and O–H groups in total. The Morgan fingerprint density at radius 2 is 1.86 bits per heavy atom. The van der Waals surface area contributed by atoms with Crippen molar-refractivity contribution in [1.29, 1.82) is 0 Å². The molecule has 5 atom stereocenters. The second kappa shape index (κ2) is 4.56. The third-order valence-electron chi connectivity index (χ3n) is 2.03. The van der Waals surface area contributed by atoms with Crippen molar-refractivity contribution in [1.82, 2.24) is 0 Å². The van der Waals surface area contributed by atoms with Crippen molar-refractivity contribution in [3.8, 4) is 0 Å². The van der Waals surface area contributed by atoms with Gasteiger partial charge >= 0.3 is 0 Å². The van der Waals surface area contributed by atoms with E-state index in [1.165, 1.54) is 0 Å². The van der Waals surface area contributed by atoms with Crippen LogP contribution in [-0.4, -0.2) is 57.7 Å². The molecule has 0 aromatic rings. The number of aliphatic hydroxyl groups is 4. The first kappa shape index (κ1) is 11.2. The molecule has 1 saturated heterocycles. The standard InChI is InChI=1S/C6H11N3O5/c7-9-8-6-5(13)4(12)3(11)2(1-10)14-6/h2-6,10-13H,1H2/t2-,3-,4+,5-,6-/m1/s1. The molecule has 0 aliphatic carbocycles. The maximum Gasteiger partial charge on any atom is 0.165 e. The zero-order chi connectivity index (χ0) is 10.7. The van der Waals surface area contributed by atoms with Crippen molar-refractivity contribution in [2.24, 2.45) is 5.11 Å². The number of azide groups is 1. The van der Waals surface area contributed by atoms with E-state index in [9.17, 15) is 15.3 Å². The zero-order valence-corrected chi connectivity index (χ0v) is 7.13. The molecular weight excluding hydrogens is 194 g/mol. The van der Waals surface area contributed by atoms with Crippen LogP contribution in [0, 0.1) is 0 Å². The second-order valence-corrected chi connectivity index (χ2v) is 2.92. The monoisotopic (exact) mass is 205 g/mol. The lowest BCUT2D eigenvalue weighted by Crippen LogP contribution is -2.57. The van der Waals surface area contributed by atoms with Crippen LogP contribution < -0.4 is 0 Å². The van der Waals surface area contributed by atoms with E-state index in [4.69, 9.17) is 15.4 Å². The maximum atomic E-state index is 9.27. The van der Waals surface area contributed by atoms with Crippen LogP contribution in [0.2, 0.25) is 0 Å². The molecule has 14 heavy (non-hydrogen) atoms. The van der Waals surface area contributed by atoms with Gasteiger partial charge in [0.15, 0.2) is 6.23 Å². The average Bonchev–Trinajstić information content (AvgIpc) is 2.19. The van der Waals surface area contributed by atoms with Gasteiger partial charge in [0.05, 0.1) is 6.61 Å². The summed E-state index contributed by atoms with van der Waals surface area (Å²) in [5.74, 6) is 0. The van der Waals surface area contributed by atoms with Gasteiger partial charge in [-0.2, -0.15) is 0 Å². The molecule has 8 nitrogen and oxygen atoms in total. The highest BCUT2D eigenvalue weighted by Gasteiger charge is 2.42. The summed E-state index contributed by atoms with van der Waals surface area (Å²) in [6.07, 6.45) is -6.76. The molecular formula is C6H11N3O5. The first-order chi connectivity index (χ1) is 6.61. The SMILES string of the molecule is [N-]=[N+]=N[C@@H]1O[C@H](CO)[C@@H](O)[C@H](O)[C@H]1O. The lowest BCUT2D eigenvalue weighted by atomic mass is 9.99. The molecule has 1 aliphatic rings. The lowest BCUT2D eigenvalue weighted by Gasteiger charge is -2.37. The highest BCUT2D eigenvalue weighted by atomic mass is 16.6. The molecule has 1 fully saturated rings. The van der Waals surface area contributed by atoms with E-state index in [1.54, 1.807) is 0 Å². The lowest BCUT2D eigenvalue weighted by molar-refractivity contribution is -0.227. The van der Waals surface area contributed by atoms with E-state index in [0.29, 0.717) is 0 Å². The molecule has 80 valence electrons. The third-order valence-corrected chi connectivity index (χ3v) is 2.03. The Morgan fingerprint density at radius 1 is 1.21 bits per heavy atom. The van der Waals surface area contributed by atoms with Crippen LogP contribution in [0.15, 0.2) is 5.11 Å². The van der Waals surface area contributed by atoms with Gasteiger partial charge in [-0.1, -0.05) is 5.11 Å². The first-order valence-electron chi connectivity index (χ1n) is 3.96. The van der Waals surface area contributed by atoms with Crippen LogP contribution in [-0.2, 0) is 4.74 Å². The van der Waals surface area contributed by atoms with Gasteiger partial charge in [-0.15, -0.1) is 0 Å². The number of aliphatic hydroxyl groups excluding tert-OH is 4. The minimum atomic E-state index is -1.50. The van der Waals surface area contributed by atoms with E-state index in [0.717, 1.165) is 0 Å². The molecule has 0 amide bonds. The summed E-state index contributed by atoms with van der Waals surface area (Å²) >= 11 is 0. The van der Waals surface area contributed by atoms with Crippen LogP contribution >= 0.6 is 0 Å². The Labute approximate surface area is 79.0 Å². The Balaban J connectivity index is 2.77. The molecule has 0 spiro atoms. The second-order valence-electron chi connectivity index (χ2n) is 2.92. The summed E-state index contributed by atoms with van der Waals surface area (Å²) in [6.45, 7) is -0.539. The fourth-order valence-electron chi connectivity index (χ4n) is 1.23. The smallest absolute Gasteiger partial charge is 0.165 e. The molecule has 8 heteroatoms. The summed E-state index contributed by atoms with van der Waals surface area (Å²) in [7, 11) is 0. The van der Waals surface area contributed by atoms with Gasteiger partial charge in [-0.25, -0.2) is 0 Å². The van der Waals surface area contributed by atoms with Crippen LogP contribution in [0.4, 0.5) is 0 Å². The Hall–Kier alpha value is -0.890. The van der Waals surface area contributed by atoms with E-state index in [2.05, 4.69) is 10.0 Å². The predicted octanol–water partition coefficient (Wildman–Crippen LogP) is -1.90. The van der Waals surface area contributed by atoms with Gasteiger partial charge in [0.1, 0.15) is 24.4 Å². The Morgan fingerprint density at radius 3 is 2.36 bits per heavy atom. The summed E-state index contributed by atoms with van der Waals surface area (Å²) < 4.78 is 4.84. The third kappa shape index (κ3) is 1.95. The highest BCUT2D eigenvalue weighted by molar-refractivity contribution is 4.90. The fourth-order valence-corrected chi connectivity index (χ4v) is 1.23. The van der Waals surface area contributed by atoms with Crippen molar-refractivity contribution >= 4 is 0 Å². The number of rotatable bonds is 2. The quantitative estimate of drug-likeness (QED) is 0.237. The summed E-state index contributed by atoms with van der Waals surface area (Å²) in [5.41, 5.74) is 8.11. The molecule has 0 radical (unpaired) electrons. The van der Waals surface area contributed by atoms with Crippen LogP contribution in [0.1, 0.15) is 0 Å². The number of hydrogen-bond donors (Lipinski definition) is 4. The van der Waals surface area contributed by atoms with Crippen LogP contribution in [0.25, 0.3) is 10.4 Å². The van der Waals surface area contributed by atoms with Gasteiger partial charge in [-0.05, 0) is 5.53 Å². The van der Waals surface area contributed by atoms with Gasteiger partial charge in [0, 0.05) is 4.91 Å². The Bertz CT molecular complexity index is 242. The fraction of sp³-hybridized carbons (Fsp3) is 1.00. The van der Waals surface area contributed by atoms with E-state index < -0.39 is 37.3 Å². The van der Waals surface area contributed by atoms with Gasteiger partial charge < -0.3 is 25.2 Å². The van der Waals surface area contributed by atoms with Gasteiger partial charge in [-0.3, -0.25) is 0 Å². The van der Waals surface area contributed by atoms with Crippen molar-refractivity contribution in [3.63, 3.8) is 0 Å². The molecule has 0 unspecified atom stereocenters. The van der Waals surface area contributed by atoms with Crippen LogP contribution in [0.5, 0.6) is 0 Å². The van der Waals surface area contributed by atoms with E-state index in [1.807, 2.05) is 0 Å². The zero-order valence-electron chi connectivity index (χ0n) is 7.13. The Kier molecular flexibility index (Phi) is 3.64. The molecule has 0 bridgehead atoms. The predicted molar refractivity (Wildman–Crippen MR) is 42.9 cm³/mol. The summed E-state index contributed by atoms with van der Waals surface area (Å²) in [4.78, 5) is 2.40. The number of hydrogen-bond acceptors (Lipinski definition) is 6. The first-order valence-corrected chi connectivity index (χ1v) is 3.96. The summed E-state index contributed by atoms with van der Waals surface area (Å²) in [5, 5.41) is 39.6. The molecule has 1 rings (SSSR count). The molecule has 1 heterocycles. The normalized spacial score (nSPS) is 43.0. The molecule has 0 aromatic carbocycles. The van der Waals surface area contributed by atoms with E-state index in [-0.39, 0.29) is 0 Å². The highest BCUT2D eigenvalue weighted by Crippen LogP contribution is 2.21. The molecule has 1 aliphatic heterocycles. The van der Waals surface area contributed by atoms with Crippen molar-refractivity contribution in [2.45, 2.75) is 30.6 Å². The average molecular weight is 205 g/mol. The number of ether oxygens (including phenoxy) is 1. The maximum absolute atomic E-state index is 9.27. The minimum absolute atomic E-state index is 0.539. The van der Waals surface area contributed by atoms with Crippen molar-refractivity contribution in [2.75, 3.05) is 6.61 Å². The molecule has 0 saturated carbocycles. The van der Waals surface area contributed by atoms with Gasteiger partial charge in [0.25, 0.3) is 0 Å². The van der Waals surface area contributed by atoms with Crippen molar-refractivity contribution < 1.29 is 25.2 Å². The molecule has 0 aromatic heterocycles. The van der Waals surface area contributed by atoms with Crippen molar-refractivity contribution in [3.05, 3.63) is 10.4 Å². The number of nitrogens with zero attached hydrogens (tertiary/aromatic N) is 3. The topological polar surface area (TPSA) is 139 Å². The summed E-state index contributed by atoms with van der Waals surface area (Å²) in [6, 6.07) is 0. The van der Waals surface area contributed by atoms with Gasteiger partial charge in [0.2, 0.25) is 0 Å².